The Hall–Kier alpha value is -0.730. The number of hydrogen-bond donors (Lipinski definition) is 1. The van der Waals surface area contributed by atoms with E-state index in [0.29, 0.717) is 19.1 Å². The molecule has 0 amide bonds. The fraction of sp³-hybridized carbons (Fsp3) is 0.400. The van der Waals surface area contributed by atoms with Gasteiger partial charge in [-0.2, -0.15) is 0 Å². The summed E-state index contributed by atoms with van der Waals surface area (Å²) < 4.78 is 5.54. The quantitative estimate of drug-likeness (QED) is 0.746. The maximum absolute atomic E-state index is 5.84. The molecule has 0 spiro atoms. The predicted octanol–water partition coefficient (Wildman–Crippen LogP) is 1.85. The van der Waals surface area contributed by atoms with Crippen molar-refractivity contribution < 1.29 is 4.74 Å². The molecular formula is C10H12ClNO. The Bertz CT molecular complexity index is 314. The molecule has 1 heterocycles. The molecule has 1 atom stereocenters. The number of benzene rings is 1. The number of fused-ring (bicyclic) bond motifs is 1. The second-order valence-electron chi connectivity index (χ2n) is 3.37. The Labute approximate surface area is 82.6 Å². The van der Waals surface area contributed by atoms with Crippen LogP contribution in [-0.2, 0) is 6.42 Å². The van der Waals surface area contributed by atoms with Gasteiger partial charge in [-0.05, 0) is 30.7 Å². The van der Waals surface area contributed by atoms with Gasteiger partial charge in [-0.3, -0.25) is 0 Å². The molecule has 0 saturated carbocycles. The van der Waals surface area contributed by atoms with E-state index in [9.17, 15) is 0 Å². The topological polar surface area (TPSA) is 35.2 Å². The number of rotatable bonds is 1. The minimum Gasteiger partial charge on any atom is -0.493 e. The summed E-state index contributed by atoms with van der Waals surface area (Å²) in [5, 5.41) is 0.727. The molecule has 1 aliphatic rings. The molecule has 0 radical (unpaired) electrons. The van der Waals surface area contributed by atoms with Crippen LogP contribution in [0.15, 0.2) is 18.2 Å². The summed E-state index contributed by atoms with van der Waals surface area (Å²) in [6.45, 7) is 1.39. The summed E-state index contributed by atoms with van der Waals surface area (Å²) in [6, 6.07) is 5.77. The maximum Gasteiger partial charge on any atom is 0.123 e. The third-order valence-corrected chi connectivity index (χ3v) is 2.58. The van der Waals surface area contributed by atoms with E-state index in [1.54, 1.807) is 0 Å². The van der Waals surface area contributed by atoms with Gasteiger partial charge in [0.1, 0.15) is 5.75 Å². The van der Waals surface area contributed by atoms with E-state index >= 15 is 0 Å². The van der Waals surface area contributed by atoms with Crippen molar-refractivity contribution >= 4 is 11.6 Å². The zero-order valence-electron chi connectivity index (χ0n) is 7.29. The lowest BCUT2D eigenvalue weighted by Gasteiger charge is -2.24. The molecule has 1 unspecified atom stereocenters. The first-order valence-electron chi connectivity index (χ1n) is 4.41. The lowest BCUT2D eigenvalue weighted by molar-refractivity contribution is 0.226. The van der Waals surface area contributed by atoms with Crippen LogP contribution in [0.3, 0.4) is 0 Å². The molecule has 70 valence electrons. The molecule has 3 heteroatoms. The van der Waals surface area contributed by atoms with Gasteiger partial charge >= 0.3 is 0 Å². The van der Waals surface area contributed by atoms with Gasteiger partial charge in [-0.25, -0.2) is 0 Å². The van der Waals surface area contributed by atoms with Crippen molar-refractivity contribution in [3.63, 3.8) is 0 Å². The van der Waals surface area contributed by atoms with E-state index in [1.165, 1.54) is 5.56 Å². The minimum atomic E-state index is 0.452. The van der Waals surface area contributed by atoms with Crippen LogP contribution in [-0.4, -0.2) is 13.2 Å². The van der Waals surface area contributed by atoms with E-state index in [0.717, 1.165) is 17.2 Å². The molecule has 0 fully saturated rings. The first kappa shape index (κ1) is 8.85. The van der Waals surface area contributed by atoms with Gasteiger partial charge in [0.25, 0.3) is 0 Å². The van der Waals surface area contributed by atoms with E-state index in [2.05, 4.69) is 0 Å². The monoisotopic (exact) mass is 197 g/mol. The van der Waals surface area contributed by atoms with Crippen LogP contribution in [0, 0.1) is 5.92 Å². The summed E-state index contributed by atoms with van der Waals surface area (Å²) >= 11 is 5.84. The van der Waals surface area contributed by atoms with Crippen LogP contribution in [0.5, 0.6) is 5.75 Å². The molecule has 2 N–H and O–H groups in total. The molecular weight excluding hydrogens is 186 g/mol. The number of ether oxygens (including phenoxy) is 1. The van der Waals surface area contributed by atoms with Crippen molar-refractivity contribution in [1.82, 2.24) is 0 Å². The first-order valence-corrected chi connectivity index (χ1v) is 4.78. The van der Waals surface area contributed by atoms with Crippen molar-refractivity contribution in [3.05, 3.63) is 28.8 Å². The Morgan fingerprint density at radius 1 is 1.54 bits per heavy atom. The van der Waals surface area contributed by atoms with Crippen LogP contribution in [0.2, 0.25) is 5.02 Å². The minimum absolute atomic E-state index is 0.452. The average molecular weight is 198 g/mol. The molecule has 1 aromatic rings. The first-order chi connectivity index (χ1) is 6.29. The van der Waals surface area contributed by atoms with Gasteiger partial charge in [0.15, 0.2) is 0 Å². The van der Waals surface area contributed by atoms with Crippen molar-refractivity contribution in [3.8, 4) is 5.75 Å². The zero-order chi connectivity index (χ0) is 9.26. The Morgan fingerprint density at radius 3 is 3.15 bits per heavy atom. The van der Waals surface area contributed by atoms with E-state index < -0.39 is 0 Å². The molecule has 2 nitrogen and oxygen atoms in total. The van der Waals surface area contributed by atoms with Gasteiger partial charge in [0.2, 0.25) is 0 Å². The van der Waals surface area contributed by atoms with Crippen molar-refractivity contribution in [2.75, 3.05) is 13.2 Å². The van der Waals surface area contributed by atoms with E-state index in [-0.39, 0.29) is 0 Å². The van der Waals surface area contributed by atoms with Gasteiger partial charge < -0.3 is 10.5 Å². The summed E-state index contributed by atoms with van der Waals surface area (Å²) in [5.74, 6) is 1.37. The second-order valence-corrected chi connectivity index (χ2v) is 3.81. The third-order valence-electron chi connectivity index (χ3n) is 2.35. The predicted molar refractivity (Wildman–Crippen MR) is 53.2 cm³/mol. The van der Waals surface area contributed by atoms with Gasteiger partial charge in [-0.1, -0.05) is 17.7 Å². The van der Waals surface area contributed by atoms with Crippen molar-refractivity contribution in [2.45, 2.75) is 6.42 Å². The number of halogens is 1. The third kappa shape index (κ3) is 1.79. The fourth-order valence-electron chi connectivity index (χ4n) is 1.56. The molecule has 1 aromatic carbocycles. The lowest BCUT2D eigenvalue weighted by Crippen LogP contribution is -2.27. The van der Waals surface area contributed by atoms with Crippen LogP contribution in [0.4, 0.5) is 0 Å². The number of nitrogens with two attached hydrogens (primary N) is 1. The number of hydrogen-bond acceptors (Lipinski definition) is 2. The highest BCUT2D eigenvalue weighted by Gasteiger charge is 2.18. The molecule has 0 aromatic heterocycles. The molecule has 1 aliphatic heterocycles. The fourth-order valence-corrected chi connectivity index (χ4v) is 1.72. The molecule has 2 rings (SSSR count). The van der Waals surface area contributed by atoms with Crippen LogP contribution in [0.25, 0.3) is 0 Å². The largest absolute Gasteiger partial charge is 0.493 e. The average Bonchev–Trinajstić information content (AvgIpc) is 2.17. The molecule has 0 bridgehead atoms. The highest BCUT2D eigenvalue weighted by atomic mass is 35.5. The molecule has 13 heavy (non-hydrogen) atoms. The highest BCUT2D eigenvalue weighted by Crippen LogP contribution is 2.29. The van der Waals surface area contributed by atoms with Crippen molar-refractivity contribution in [2.24, 2.45) is 11.7 Å². The summed E-state index contributed by atoms with van der Waals surface area (Å²) in [6.07, 6.45) is 1.00. The summed E-state index contributed by atoms with van der Waals surface area (Å²) in [7, 11) is 0. The van der Waals surface area contributed by atoms with Crippen LogP contribution < -0.4 is 10.5 Å². The van der Waals surface area contributed by atoms with Crippen molar-refractivity contribution in [1.29, 1.82) is 0 Å². The van der Waals surface area contributed by atoms with Gasteiger partial charge in [0.05, 0.1) is 6.61 Å². The Kier molecular flexibility index (Phi) is 2.42. The van der Waals surface area contributed by atoms with E-state index in [4.69, 9.17) is 22.1 Å². The Balaban J connectivity index is 2.26. The van der Waals surface area contributed by atoms with Crippen LogP contribution in [0.1, 0.15) is 5.56 Å². The summed E-state index contributed by atoms with van der Waals surface area (Å²) in [4.78, 5) is 0. The maximum atomic E-state index is 5.84. The SMILES string of the molecule is NCC1COc2cc(Cl)ccc2C1. The Morgan fingerprint density at radius 2 is 2.38 bits per heavy atom. The second kappa shape index (κ2) is 3.56. The van der Waals surface area contributed by atoms with Gasteiger partial charge in [0, 0.05) is 10.9 Å². The zero-order valence-corrected chi connectivity index (χ0v) is 8.05. The molecule has 0 aliphatic carbocycles. The smallest absolute Gasteiger partial charge is 0.123 e. The standard InChI is InChI=1S/C10H12ClNO/c11-9-2-1-8-3-7(5-12)6-13-10(8)4-9/h1-2,4,7H,3,5-6,12H2. The lowest BCUT2D eigenvalue weighted by atomic mass is 9.97. The van der Waals surface area contributed by atoms with Gasteiger partial charge in [-0.15, -0.1) is 0 Å². The normalized spacial score (nSPS) is 20.6. The highest BCUT2D eigenvalue weighted by molar-refractivity contribution is 6.30. The molecule has 0 saturated heterocycles. The summed E-state index contributed by atoms with van der Waals surface area (Å²) in [5.41, 5.74) is 6.80. The van der Waals surface area contributed by atoms with E-state index in [1.807, 2.05) is 18.2 Å². The van der Waals surface area contributed by atoms with Crippen LogP contribution >= 0.6 is 11.6 Å².